The summed E-state index contributed by atoms with van der Waals surface area (Å²) in [6, 6.07) is -0.288. The van der Waals surface area contributed by atoms with E-state index in [4.69, 9.17) is 5.11 Å². The van der Waals surface area contributed by atoms with Gasteiger partial charge in [0.25, 0.3) is 0 Å². The molecule has 0 spiro atoms. The van der Waals surface area contributed by atoms with Crippen molar-refractivity contribution in [3.63, 3.8) is 0 Å². The standard InChI is InChI=1S/C8H12N2O3/c11-7(1-2-8(12)13)6-5-9-3-4-10-6/h1-2,6,9-10H,3-5H2,(H,12,13). The van der Waals surface area contributed by atoms with Gasteiger partial charge in [0, 0.05) is 25.7 Å². The average molecular weight is 184 g/mol. The molecule has 0 radical (unpaired) electrons. The van der Waals surface area contributed by atoms with Crippen molar-refractivity contribution in [1.29, 1.82) is 0 Å². The highest BCUT2D eigenvalue weighted by atomic mass is 16.4. The Bertz CT molecular complexity index is 232. The number of carbonyl (C=O) groups is 2. The summed E-state index contributed by atoms with van der Waals surface area (Å²) < 4.78 is 0. The van der Waals surface area contributed by atoms with E-state index in [2.05, 4.69) is 10.6 Å². The maximum atomic E-state index is 11.2. The van der Waals surface area contributed by atoms with Crippen LogP contribution in [-0.2, 0) is 9.59 Å². The molecule has 0 aromatic heterocycles. The summed E-state index contributed by atoms with van der Waals surface area (Å²) in [6.07, 6.45) is 1.95. The molecule has 5 nitrogen and oxygen atoms in total. The van der Waals surface area contributed by atoms with Crippen LogP contribution in [0.1, 0.15) is 0 Å². The third kappa shape index (κ3) is 3.35. The zero-order chi connectivity index (χ0) is 9.68. The van der Waals surface area contributed by atoms with Crippen LogP contribution in [0, 0.1) is 0 Å². The van der Waals surface area contributed by atoms with Crippen LogP contribution in [0.4, 0.5) is 0 Å². The van der Waals surface area contributed by atoms with Gasteiger partial charge in [-0.15, -0.1) is 0 Å². The average Bonchev–Trinajstić information content (AvgIpc) is 2.15. The summed E-state index contributed by atoms with van der Waals surface area (Å²) in [5, 5.41) is 14.3. The Labute approximate surface area is 75.8 Å². The van der Waals surface area contributed by atoms with Crippen molar-refractivity contribution < 1.29 is 14.7 Å². The second-order valence-electron chi connectivity index (χ2n) is 2.78. The summed E-state index contributed by atoms with van der Waals surface area (Å²) in [5.41, 5.74) is 0. The minimum absolute atomic E-state index is 0.199. The summed E-state index contributed by atoms with van der Waals surface area (Å²) >= 11 is 0. The van der Waals surface area contributed by atoms with Crippen molar-refractivity contribution >= 4 is 11.8 Å². The fourth-order valence-electron chi connectivity index (χ4n) is 1.12. The number of carboxylic acids is 1. The maximum Gasteiger partial charge on any atom is 0.328 e. The van der Waals surface area contributed by atoms with Gasteiger partial charge in [0.1, 0.15) is 0 Å². The number of hydrogen-bond donors (Lipinski definition) is 3. The first-order chi connectivity index (χ1) is 6.20. The molecular weight excluding hydrogens is 172 g/mol. The zero-order valence-corrected chi connectivity index (χ0v) is 7.12. The van der Waals surface area contributed by atoms with Crippen LogP contribution >= 0.6 is 0 Å². The number of carbonyl (C=O) groups excluding carboxylic acids is 1. The quantitative estimate of drug-likeness (QED) is 0.478. The molecular formula is C8H12N2O3. The van der Waals surface area contributed by atoms with Gasteiger partial charge in [0.2, 0.25) is 0 Å². The first-order valence-corrected chi connectivity index (χ1v) is 4.09. The monoisotopic (exact) mass is 184 g/mol. The van der Waals surface area contributed by atoms with E-state index >= 15 is 0 Å². The highest BCUT2D eigenvalue weighted by Crippen LogP contribution is 1.91. The lowest BCUT2D eigenvalue weighted by Gasteiger charge is -2.21. The molecule has 13 heavy (non-hydrogen) atoms. The fourth-order valence-corrected chi connectivity index (χ4v) is 1.12. The van der Waals surface area contributed by atoms with E-state index in [0.29, 0.717) is 6.54 Å². The van der Waals surface area contributed by atoms with Crippen molar-refractivity contribution in [3.05, 3.63) is 12.2 Å². The molecule has 0 aromatic rings. The molecule has 72 valence electrons. The lowest BCUT2D eigenvalue weighted by Crippen LogP contribution is -2.51. The minimum Gasteiger partial charge on any atom is -0.478 e. The normalized spacial score (nSPS) is 23.2. The second-order valence-corrected chi connectivity index (χ2v) is 2.78. The molecule has 0 bridgehead atoms. The van der Waals surface area contributed by atoms with E-state index in [1.807, 2.05) is 0 Å². The molecule has 5 heteroatoms. The van der Waals surface area contributed by atoms with Crippen LogP contribution in [0.25, 0.3) is 0 Å². The second kappa shape index (κ2) is 4.74. The van der Waals surface area contributed by atoms with Gasteiger partial charge in [-0.1, -0.05) is 0 Å². The Kier molecular flexibility index (Phi) is 3.60. The highest BCUT2D eigenvalue weighted by molar-refractivity contribution is 5.98. The Morgan fingerprint density at radius 3 is 2.62 bits per heavy atom. The van der Waals surface area contributed by atoms with Gasteiger partial charge in [-0.25, -0.2) is 4.79 Å². The maximum absolute atomic E-state index is 11.2. The number of aliphatic carboxylic acids is 1. The fraction of sp³-hybridized carbons (Fsp3) is 0.500. The Morgan fingerprint density at radius 1 is 1.31 bits per heavy atom. The molecule has 1 aliphatic heterocycles. The molecule has 1 unspecified atom stereocenters. The third-order valence-corrected chi connectivity index (χ3v) is 1.77. The molecule has 1 aliphatic rings. The number of piperazine rings is 1. The molecule has 0 saturated carbocycles. The summed E-state index contributed by atoms with van der Waals surface area (Å²) in [4.78, 5) is 21.4. The van der Waals surface area contributed by atoms with Crippen LogP contribution in [0.15, 0.2) is 12.2 Å². The third-order valence-electron chi connectivity index (χ3n) is 1.77. The van der Waals surface area contributed by atoms with Crippen LogP contribution < -0.4 is 10.6 Å². The lowest BCUT2D eigenvalue weighted by molar-refractivity contribution is -0.131. The van der Waals surface area contributed by atoms with Crippen LogP contribution in [0.3, 0.4) is 0 Å². The molecule has 0 aromatic carbocycles. The number of ketones is 1. The predicted octanol–water partition coefficient (Wildman–Crippen LogP) is -1.24. The Balaban J connectivity index is 2.41. The predicted molar refractivity (Wildman–Crippen MR) is 46.4 cm³/mol. The molecule has 1 heterocycles. The van der Waals surface area contributed by atoms with Gasteiger partial charge in [-0.3, -0.25) is 4.79 Å². The van der Waals surface area contributed by atoms with Crippen molar-refractivity contribution in [2.24, 2.45) is 0 Å². The number of nitrogens with one attached hydrogen (secondary N) is 2. The topological polar surface area (TPSA) is 78.4 Å². The van der Waals surface area contributed by atoms with E-state index in [1.165, 1.54) is 0 Å². The molecule has 3 N–H and O–H groups in total. The van der Waals surface area contributed by atoms with Crippen molar-refractivity contribution in [1.82, 2.24) is 10.6 Å². The van der Waals surface area contributed by atoms with Gasteiger partial charge < -0.3 is 15.7 Å². The first kappa shape index (κ1) is 9.88. The molecule has 0 aliphatic carbocycles. The van der Waals surface area contributed by atoms with Crippen molar-refractivity contribution in [2.75, 3.05) is 19.6 Å². The highest BCUT2D eigenvalue weighted by Gasteiger charge is 2.17. The van der Waals surface area contributed by atoms with E-state index in [-0.39, 0.29) is 11.8 Å². The summed E-state index contributed by atoms with van der Waals surface area (Å²) in [7, 11) is 0. The molecule has 1 atom stereocenters. The summed E-state index contributed by atoms with van der Waals surface area (Å²) in [6.45, 7) is 2.13. The molecule has 1 rings (SSSR count). The van der Waals surface area contributed by atoms with E-state index in [9.17, 15) is 9.59 Å². The minimum atomic E-state index is -1.10. The van der Waals surface area contributed by atoms with Gasteiger partial charge >= 0.3 is 5.97 Å². The van der Waals surface area contributed by atoms with Gasteiger partial charge in [-0.05, 0) is 6.08 Å². The van der Waals surface area contributed by atoms with E-state index in [0.717, 1.165) is 25.2 Å². The number of carboxylic acid groups (broad SMARTS) is 1. The van der Waals surface area contributed by atoms with E-state index in [1.54, 1.807) is 0 Å². The van der Waals surface area contributed by atoms with Crippen LogP contribution in [0.5, 0.6) is 0 Å². The smallest absolute Gasteiger partial charge is 0.328 e. The van der Waals surface area contributed by atoms with Gasteiger partial charge in [0.15, 0.2) is 5.78 Å². The molecule has 0 amide bonds. The van der Waals surface area contributed by atoms with Crippen LogP contribution in [0.2, 0.25) is 0 Å². The molecule has 1 fully saturated rings. The number of hydrogen-bond acceptors (Lipinski definition) is 4. The number of rotatable bonds is 3. The Morgan fingerprint density at radius 2 is 2.08 bits per heavy atom. The van der Waals surface area contributed by atoms with Gasteiger partial charge in [0.05, 0.1) is 6.04 Å². The van der Waals surface area contributed by atoms with Crippen molar-refractivity contribution in [2.45, 2.75) is 6.04 Å². The first-order valence-electron chi connectivity index (χ1n) is 4.09. The largest absolute Gasteiger partial charge is 0.478 e. The lowest BCUT2D eigenvalue weighted by atomic mass is 10.1. The SMILES string of the molecule is O=C(O)C=CC(=O)C1CNCCN1. The van der Waals surface area contributed by atoms with Crippen LogP contribution in [-0.4, -0.2) is 42.5 Å². The molecule has 1 saturated heterocycles. The zero-order valence-electron chi connectivity index (χ0n) is 7.12. The van der Waals surface area contributed by atoms with Crippen molar-refractivity contribution in [3.8, 4) is 0 Å². The summed E-state index contributed by atoms with van der Waals surface area (Å²) in [5.74, 6) is -1.30. The van der Waals surface area contributed by atoms with E-state index < -0.39 is 5.97 Å². The van der Waals surface area contributed by atoms with Gasteiger partial charge in [-0.2, -0.15) is 0 Å². The Hall–Kier alpha value is -1.20.